The van der Waals surface area contributed by atoms with Crippen LogP contribution in [0.3, 0.4) is 0 Å². The quantitative estimate of drug-likeness (QED) is 0.836. The molecule has 0 unspecified atom stereocenters. The van der Waals surface area contributed by atoms with E-state index in [0.717, 1.165) is 12.0 Å². The molecule has 0 aromatic heterocycles. The lowest BCUT2D eigenvalue weighted by Crippen LogP contribution is -2.30. The van der Waals surface area contributed by atoms with Gasteiger partial charge in [0, 0.05) is 6.42 Å². The molecular weight excluding hydrogens is 202 g/mol. The first-order valence-corrected chi connectivity index (χ1v) is 4.64. The lowest BCUT2D eigenvalue weighted by Gasteiger charge is -2.11. The minimum absolute atomic E-state index is 0.349. The van der Waals surface area contributed by atoms with E-state index in [1.165, 1.54) is 6.07 Å². The summed E-state index contributed by atoms with van der Waals surface area (Å²) in [5, 5.41) is 8.28. The number of alkyl halides is 2. The second kappa shape index (κ2) is 4.38. The topological polar surface area (TPSA) is 37.3 Å². The molecule has 4 heteroatoms. The van der Waals surface area contributed by atoms with Gasteiger partial charge < -0.3 is 5.11 Å². The van der Waals surface area contributed by atoms with Gasteiger partial charge in [-0.25, -0.2) is 4.79 Å². The maximum Gasteiger partial charge on any atom is 0.374 e. The normalized spacial score (nSPS) is 11.4. The number of hydrogen-bond acceptors (Lipinski definition) is 1. The van der Waals surface area contributed by atoms with Gasteiger partial charge in [0.05, 0.1) is 0 Å². The molecule has 0 aliphatic rings. The largest absolute Gasteiger partial charge is 0.477 e. The molecule has 1 N–H and O–H groups in total. The van der Waals surface area contributed by atoms with E-state index in [2.05, 4.69) is 0 Å². The first kappa shape index (κ1) is 11.6. The van der Waals surface area contributed by atoms with Crippen LogP contribution in [0.2, 0.25) is 0 Å². The first-order chi connectivity index (χ1) is 6.95. The molecule has 82 valence electrons. The maximum absolute atomic E-state index is 12.9. The average Bonchev–Trinajstić information content (AvgIpc) is 2.17. The molecule has 0 amide bonds. The summed E-state index contributed by atoms with van der Waals surface area (Å²) in [5.74, 6) is -5.77. The second-order valence-corrected chi connectivity index (χ2v) is 3.36. The van der Waals surface area contributed by atoms with Crippen LogP contribution in [0.1, 0.15) is 18.1 Å². The van der Waals surface area contributed by atoms with Crippen molar-refractivity contribution in [2.45, 2.75) is 25.7 Å². The zero-order chi connectivity index (χ0) is 11.5. The summed E-state index contributed by atoms with van der Waals surface area (Å²) in [7, 11) is 0. The van der Waals surface area contributed by atoms with Crippen LogP contribution >= 0.6 is 0 Å². The van der Waals surface area contributed by atoms with Crippen molar-refractivity contribution < 1.29 is 18.7 Å². The summed E-state index contributed by atoms with van der Waals surface area (Å²) in [5.41, 5.74) is 1.27. The molecule has 1 aromatic carbocycles. The van der Waals surface area contributed by atoms with Crippen LogP contribution in [0.5, 0.6) is 0 Å². The number of carbonyl (C=O) groups is 1. The van der Waals surface area contributed by atoms with E-state index >= 15 is 0 Å². The van der Waals surface area contributed by atoms with Gasteiger partial charge in [-0.05, 0) is 17.5 Å². The van der Waals surface area contributed by atoms with Crippen LogP contribution in [0, 0.1) is 0 Å². The smallest absolute Gasteiger partial charge is 0.374 e. The summed E-state index contributed by atoms with van der Waals surface area (Å²) in [6.07, 6.45) is -0.0113. The van der Waals surface area contributed by atoms with Crippen LogP contribution in [-0.2, 0) is 17.6 Å². The molecule has 0 bridgehead atoms. The number of aliphatic carboxylic acids is 1. The fourth-order valence-electron chi connectivity index (χ4n) is 1.29. The molecule has 0 saturated carbocycles. The van der Waals surface area contributed by atoms with Crippen LogP contribution < -0.4 is 0 Å². The number of carboxylic acid groups (broad SMARTS) is 1. The maximum atomic E-state index is 12.9. The predicted molar refractivity (Wildman–Crippen MR) is 52.1 cm³/mol. The van der Waals surface area contributed by atoms with Crippen molar-refractivity contribution in [3.05, 3.63) is 35.4 Å². The summed E-state index contributed by atoms with van der Waals surface area (Å²) in [6.45, 7) is 1.91. The number of halogens is 2. The summed E-state index contributed by atoms with van der Waals surface area (Å²) >= 11 is 0. The van der Waals surface area contributed by atoms with Gasteiger partial charge in [-0.2, -0.15) is 8.78 Å². The van der Waals surface area contributed by atoms with Crippen LogP contribution in [0.25, 0.3) is 0 Å². The summed E-state index contributed by atoms with van der Waals surface area (Å²) in [4.78, 5) is 10.2. The molecular formula is C11H12F2O2. The van der Waals surface area contributed by atoms with E-state index in [4.69, 9.17) is 5.11 Å². The highest BCUT2D eigenvalue weighted by Gasteiger charge is 2.38. The number of aryl methyl sites for hydroxylation is 1. The van der Waals surface area contributed by atoms with E-state index < -0.39 is 18.3 Å². The summed E-state index contributed by atoms with van der Waals surface area (Å²) in [6, 6.07) is 6.60. The first-order valence-electron chi connectivity index (χ1n) is 4.64. The van der Waals surface area contributed by atoms with Gasteiger partial charge in [0.2, 0.25) is 0 Å². The predicted octanol–water partition coefficient (Wildman–Crippen LogP) is 2.51. The number of rotatable bonds is 4. The Morgan fingerprint density at radius 3 is 2.53 bits per heavy atom. The fraction of sp³-hybridized carbons (Fsp3) is 0.364. The van der Waals surface area contributed by atoms with Crippen LogP contribution in [0.4, 0.5) is 8.78 Å². The lowest BCUT2D eigenvalue weighted by atomic mass is 10.0. The highest BCUT2D eigenvalue weighted by atomic mass is 19.3. The van der Waals surface area contributed by atoms with Gasteiger partial charge in [-0.3, -0.25) is 0 Å². The second-order valence-electron chi connectivity index (χ2n) is 3.36. The summed E-state index contributed by atoms with van der Waals surface area (Å²) < 4.78 is 25.7. The number of hydrogen-bond donors (Lipinski definition) is 1. The molecule has 0 atom stereocenters. The van der Waals surface area contributed by atoms with Gasteiger partial charge >= 0.3 is 11.9 Å². The van der Waals surface area contributed by atoms with Crippen molar-refractivity contribution in [3.8, 4) is 0 Å². The molecule has 15 heavy (non-hydrogen) atoms. The Morgan fingerprint density at radius 2 is 2.00 bits per heavy atom. The monoisotopic (exact) mass is 214 g/mol. The lowest BCUT2D eigenvalue weighted by molar-refractivity contribution is -0.164. The van der Waals surface area contributed by atoms with Crippen molar-refractivity contribution >= 4 is 5.97 Å². The molecule has 0 spiro atoms. The molecule has 0 heterocycles. The molecule has 0 fully saturated rings. The molecule has 0 saturated heterocycles. The SMILES string of the molecule is CCc1cccc(CC(F)(F)C(=O)O)c1. The third kappa shape index (κ3) is 3.01. The van der Waals surface area contributed by atoms with Crippen molar-refractivity contribution in [2.24, 2.45) is 0 Å². The Bertz CT molecular complexity index is 361. The van der Waals surface area contributed by atoms with Crippen molar-refractivity contribution in [2.75, 3.05) is 0 Å². The van der Waals surface area contributed by atoms with E-state index in [9.17, 15) is 13.6 Å². The van der Waals surface area contributed by atoms with Crippen molar-refractivity contribution in [1.29, 1.82) is 0 Å². The van der Waals surface area contributed by atoms with E-state index in [1.807, 2.05) is 13.0 Å². The van der Waals surface area contributed by atoms with E-state index in [-0.39, 0.29) is 0 Å². The van der Waals surface area contributed by atoms with Gasteiger partial charge in [-0.15, -0.1) is 0 Å². The van der Waals surface area contributed by atoms with Crippen molar-refractivity contribution in [3.63, 3.8) is 0 Å². The standard InChI is InChI=1S/C11H12F2O2/c1-2-8-4-3-5-9(6-8)7-11(12,13)10(14)15/h3-6H,2,7H2,1H3,(H,14,15). The number of benzene rings is 1. The van der Waals surface area contributed by atoms with E-state index in [1.54, 1.807) is 12.1 Å². The molecule has 1 aromatic rings. The third-order valence-electron chi connectivity index (χ3n) is 2.14. The van der Waals surface area contributed by atoms with Gasteiger partial charge in [-0.1, -0.05) is 31.2 Å². The van der Waals surface area contributed by atoms with Gasteiger partial charge in [0.15, 0.2) is 0 Å². The zero-order valence-electron chi connectivity index (χ0n) is 8.34. The molecule has 0 aliphatic carbocycles. The highest BCUT2D eigenvalue weighted by molar-refractivity contribution is 5.75. The van der Waals surface area contributed by atoms with Gasteiger partial charge in [0.1, 0.15) is 0 Å². The molecule has 1 rings (SSSR count). The Hall–Kier alpha value is -1.45. The Morgan fingerprint density at radius 1 is 1.40 bits per heavy atom. The van der Waals surface area contributed by atoms with Crippen LogP contribution in [0.15, 0.2) is 24.3 Å². The highest BCUT2D eigenvalue weighted by Crippen LogP contribution is 2.21. The third-order valence-corrected chi connectivity index (χ3v) is 2.14. The van der Waals surface area contributed by atoms with Gasteiger partial charge in [0.25, 0.3) is 0 Å². The Balaban J connectivity index is 2.85. The molecule has 0 radical (unpaired) electrons. The van der Waals surface area contributed by atoms with Crippen LogP contribution in [-0.4, -0.2) is 17.0 Å². The minimum atomic E-state index is -3.69. The zero-order valence-corrected chi connectivity index (χ0v) is 8.34. The molecule has 0 aliphatic heterocycles. The molecule has 2 nitrogen and oxygen atoms in total. The fourth-order valence-corrected chi connectivity index (χ4v) is 1.29. The minimum Gasteiger partial charge on any atom is -0.477 e. The Labute approximate surface area is 86.5 Å². The Kier molecular flexibility index (Phi) is 3.39. The number of carboxylic acids is 1. The van der Waals surface area contributed by atoms with Crippen molar-refractivity contribution in [1.82, 2.24) is 0 Å². The van der Waals surface area contributed by atoms with E-state index in [0.29, 0.717) is 5.56 Å². The average molecular weight is 214 g/mol.